The van der Waals surface area contributed by atoms with Crippen LogP contribution >= 0.6 is 0 Å². The number of carbonyl (C=O) groups excluding carboxylic acids is 2. The maximum absolute atomic E-state index is 13.4. The first-order valence-electron chi connectivity index (χ1n) is 5.30. The number of rotatable bonds is 5. The molecule has 1 rings (SSSR count). The van der Waals surface area contributed by atoms with E-state index in [1.54, 1.807) is 0 Å². The third-order valence-corrected chi connectivity index (χ3v) is 2.64. The molecule has 0 bridgehead atoms. The van der Waals surface area contributed by atoms with Crippen LogP contribution < -0.4 is 5.73 Å². The molecule has 0 aliphatic heterocycles. The van der Waals surface area contributed by atoms with Gasteiger partial charge in [-0.25, -0.2) is 8.78 Å². The third kappa shape index (κ3) is 3.33. The fourth-order valence-corrected chi connectivity index (χ4v) is 1.50. The normalized spacial score (nSPS) is 12.5. The second kappa shape index (κ2) is 5.68. The molecule has 1 atom stereocenters. The van der Waals surface area contributed by atoms with Crippen LogP contribution in [0.2, 0.25) is 0 Å². The van der Waals surface area contributed by atoms with Crippen molar-refractivity contribution in [3.8, 4) is 0 Å². The Labute approximate surface area is 103 Å². The zero-order valence-corrected chi connectivity index (χ0v) is 10.1. The van der Waals surface area contributed by atoms with Crippen LogP contribution in [0.1, 0.15) is 17.3 Å². The Hall–Kier alpha value is -1.82. The van der Waals surface area contributed by atoms with Gasteiger partial charge in [-0.15, -0.1) is 0 Å². The van der Waals surface area contributed by atoms with Crippen LogP contribution in [0.15, 0.2) is 18.2 Å². The van der Waals surface area contributed by atoms with Gasteiger partial charge in [-0.05, 0) is 26.1 Å². The molecule has 0 radical (unpaired) electrons. The summed E-state index contributed by atoms with van der Waals surface area (Å²) < 4.78 is 26.1. The van der Waals surface area contributed by atoms with Gasteiger partial charge in [-0.1, -0.05) is 0 Å². The summed E-state index contributed by atoms with van der Waals surface area (Å²) in [5.74, 6) is -2.78. The molecule has 6 heteroatoms. The molecule has 1 aromatic carbocycles. The summed E-state index contributed by atoms with van der Waals surface area (Å²) in [7, 11) is 1.52. The summed E-state index contributed by atoms with van der Waals surface area (Å²) in [5.41, 5.74) is 4.80. The Morgan fingerprint density at radius 1 is 1.39 bits per heavy atom. The van der Waals surface area contributed by atoms with E-state index in [1.807, 2.05) is 0 Å². The minimum Gasteiger partial charge on any atom is -0.369 e. The summed E-state index contributed by atoms with van der Waals surface area (Å²) in [4.78, 5) is 24.1. The highest BCUT2D eigenvalue weighted by molar-refractivity contribution is 6.00. The Morgan fingerprint density at radius 3 is 2.50 bits per heavy atom. The predicted octanol–water partition coefficient (Wildman–Crippen LogP) is 0.953. The first-order valence-corrected chi connectivity index (χ1v) is 5.30. The molecule has 0 spiro atoms. The van der Waals surface area contributed by atoms with Crippen LogP contribution in [-0.4, -0.2) is 36.2 Å². The fraction of sp³-hybridized carbons (Fsp3) is 0.333. The Morgan fingerprint density at radius 2 is 2.00 bits per heavy atom. The van der Waals surface area contributed by atoms with Crippen molar-refractivity contribution in [1.29, 1.82) is 0 Å². The molecule has 0 aliphatic carbocycles. The number of primary amides is 1. The fourth-order valence-electron chi connectivity index (χ4n) is 1.50. The number of nitrogens with zero attached hydrogens (tertiary/aromatic N) is 1. The highest BCUT2D eigenvalue weighted by Gasteiger charge is 2.23. The molecule has 98 valence electrons. The number of likely N-dealkylation sites (N-methyl/N-ethyl adjacent to an activating group) is 1. The zero-order chi connectivity index (χ0) is 13.9. The molecule has 1 aromatic rings. The van der Waals surface area contributed by atoms with Gasteiger partial charge in [0, 0.05) is 6.07 Å². The van der Waals surface area contributed by atoms with Gasteiger partial charge in [0.15, 0.2) is 5.78 Å². The lowest BCUT2D eigenvalue weighted by molar-refractivity contribution is -0.119. The first kappa shape index (κ1) is 14.2. The molecule has 2 N–H and O–H groups in total. The van der Waals surface area contributed by atoms with Crippen molar-refractivity contribution < 1.29 is 18.4 Å². The Kier molecular flexibility index (Phi) is 4.49. The summed E-state index contributed by atoms with van der Waals surface area (Å²) in [5, 5.41) is 0. The lowest BCUT2D eigenvalue weighted by atomic mass is 10.0. The van der Waals surface area contributed by atoms with Gasteiger partial charge in [0.25, 0.3) is 0 Å². The lowest BCUT2D eigenvalue weighted by Gasteiger charge is -2.22. The van der Waals surface area contributed by atoms with Crippen LogP contribution in [0.4, 0.5) is 8.78 Å². The monoisotopic (exact) mass is 256 g/mol. The minimum absolute atomic E-state index is 0.115. The van der Waals surface area contributed by atoms with E-state index in [0.717, 1.165) is 12.1 Å². The average molecular weight is 256 g/mol. The maximum atomic E-state index is 13.4. The standard InChI is InChI=1S/C12H14F2N2O2/c1-7(16(2)6-11(15)17)12(18)9-4-3-8(13)5-10(9)14/h3-5,7H,6H2,1-2H3,(H2,15,17). The highest BCUT2D eigenvalue weighted by atomic mass is 19.1. The van der Waals surface area contributed by atoms with E-state index < -0.39 is 29.4 Å². The van der Waals surface area contributed by atoms with Gasteiger partial charge in [0.1, 0.15) is 11.6 Å². The van der Waals surface area contributed by atoms with E-state index in [4.69, 9.17) is 5.73 Å². The largest absolute Gasteiger partial charge is 0.369 e. The quantitative estimate of drug-likeness (QED) is 0.798. The number of carbonyl (C=O) groups is 2. The van der Waals surface area contributed by atoms with E-state index >= 15 is 0 Å². The molecule has 0 fully saturated rings. The molecule has 4 nitrogen and oxygen atoms in total. The van der Waals surface area contributed by atoms with Crippen LogP contribution in [0.5, 0.6) is 0 Å². The highest BCUT2D eigenvalue weighted by Crippen LogP contribution is 2.13. The van der Waals surface area contributed by atoms with Crippen molar-refractivity contribution in [2.75, 3.05) is 13.6 Å². The van der Waals surface area contributed by atoms with Gasteiger partial charge in [0.05, 0.1) is 18.2 Å². The predicted molar refractivity (Wildman–Crippen MR) is 62.0 cm³/mol. The van der Waals surface area contributed by atoms with Crippen molar-refractivity contribution in [2.24, 2.45) is 5.73 Å². The summed E-state index contributed by atoms with van der Waals surface area (Å²) in [6.45, 7) is 1.41. The molecule has 0 aromatic heterocycles. The number of amides is 1. The lowest BCUT2D eigenvalue weighted by Crippen LogP contribution is -2.41. The molecule has 18 heavy (non-hydrogen) atoms. The summed E-state index contributed by atoms with van der Waals surface area (Å²) in [6, 6.07) is 2.02. The van der Waals surface area contributed by atoms with Crippen molar-refractivity contribution in [3.63, 3.8) is 0 Å². The molecule has 1 amide bonds. The SMILES string of the molecule is CC(C(=O)c1ccc(F)cc1F)N(C)CC(N)=O. The molecular weight excluding hydrogens is 242 g/mol. The van der Waals surface area contributed by atoms with E-state index in [-0.39, 0.29) is 12.1 Å². The van der Waals surface area contributed by atoms with E-state index in [1.165, 1.54) is 18.9 Å². The third-order valence-electron chi connectivity index (χ3n) is 2.64. The van der Waals surface area contributed by atoms with Crippen molar-refractivity contribution in [1.82, 2.24) is 4.90 Å². The second-order valence-electron chi connectivity index (χ2n) is 4.05. The number of nitrogens with two attached hydrogens (primary N) is 1. The minimum atomic E-state index is -0.917. The van der Waals surface area contributed by atoms with E-state index in [2.05, 4.69) is 0 Å². The van der Waals surface area contributed by atoms with Crippen LogP contribution in [0, 0.1) is 11.6 Å². The Bertz CT molecular complexity index is 477. The molecular formula is C12H14F2N2O2. The molecule has 0 aliphatic rings. The van der Waals surface area contributed by atoms with Gasteiger partial charge < -0.3 is 5.73 Å². The van der Waals surface area contributed by atoms with Gasteiger partial charge in [-0.2, -0.15) is 0 Å². The summed E-state index contributed by atoms with van der Waals surface area (Å²) >= 11 is 0. The summed E-state index contributed by atoms with van der Waals surface area (Å²) in [6.07, 6.45) is 0. The molecule has 1 unspecified atom stereocenters. The van der Waals surface area contributed by atoms with Gasteiger partial charge in [-0.3, -0.25) is 14.5 Å². The zero-order valence-electron chi connectivity index (χ0n) is 10.1. The van der Waals surface area contributed by atoms with Crippen LogP contribution in [0.3, 0.4) is 0 Å². The maximum Gasteiger partial charge on any atom is 0.231 e. The van der Waals surface area contributed by atoms with Gasteiger partial charge >= 0.3 is 0 Å². The van der Waals surface area contributed by atoms with E-state index in [9.17, 15) is 18.4 Å². The van der Waals surface area contributed by atoms with Crippen LogP contribution in [-0.2, 0) is 4.79 Å². The molecule has 0 saturated heterocycles. The van der Waals surface area contributed by atoms with Crippen molar-refractivity contribution in [3.05, 3.63) is 35.4 Å². The van der Waals surface area contributed by atoms with Crippen molar-refractivity contribution in [2.45, 2.75) is 13.0 Å². The number of halogens is 2. The number of ketones is 1. The van der Waals surface area contributed by atoms with Crippen molar-refractivity contribution >= 4 is 11.7 Å². The van der Waals surface area contributed by atoms with E-state index in [0.29, 0.717) is 6.07 Å². The number of hydrogen-bond acceptors (Lipinski definition) is 3. The number of benzene rings is 1. The smallest absolute Gasteiger partial charge is 0.231 e. The molecule has 0 heterocycles. The first-order chi connectivity index (χ1) is 8.32. The Balaban J connectivity index is 2.89. The van der Waals surface area contributed by atoms with Gasteiger partial charge in [0.2, 0.25) is 5.91 Å². The van der Waals surface area contributed by atoms with Crippen LogP contribution in [0.25, 0.3) is 0 Å². The molecule has 0 saturated carbocycles. The number of Topliss-reactive ketones (excluding diaryl/α,β-unsaturated/α-hetero) is 1. The second-order valence-corrected chi connectivity index (χ2v) is 4.05. The number of hydrogen-bond donors (Lipinski definition) is 1. The topological polar surface area (TPSA) is 63.4 Å². The average Bonchev–Trinajstić information content (AvgIpc) is 2.26.